The molecule has 0 saturated carbocycles. The van der Waals surface area contributed by atoms with Crippen LogP contribution in [0.25, 0.3) is 5.69 Å². The Morgan fingerprint density at radius 3 is 2.48 bits per heavy atom. The average Bonchev–Trinajstić information content (AvgIpc) is 3.50. The van der Waals surface area contributed by atoms with Crippen LogP contribution in [-0.2, 0) is 11.8 Å². The van der Waals surface area contributed by atoms with Gasteiger partial charge in [-0.05, 0) is 59.3 Å². The van der Waals surface area contributed by atoms with Gasteiger partial charge in [0.2, 0.25) is 11.1 Å². The van der Waals surface area contributed by atoms with Crippen molar-refractivity contribution in [2.45, 2.75) is 18.1 Å². The van der Waals surface area contributed by atoms with Crippen LogP contribution in [0.5, 0.6) is 0 Å². The fraction of sp³-hybridized carbons (Fsp3) is 0.182. The van der Waals surface area contributed by atoms with E-state index in [0.717, 1.165) is 11.3 Å². The van der Waals surface area contributed by atoms with Gasteiger partial charge in [0.1, 0.15) is 0 Å². The summed E-state index contributed by atoms with van der Waals surface area (Å²) in [5, 5.41) is 17.4. The molecule has 11 heteroatoms. The number of hydrogen-bond donors (Lipinski definition) is 2. The second kappa shape index (κ2) is 10.1. The van der Waals surface area contributed by atoms with Gasteiger partial charge in [0.05, 0.1) is 18.1 Å². The van der Waals surface area contributed by atoms with Crippen LogP contribution in [0.3, 0.4) is 0 Å². The number of nitrogens with zero attached hydrogens (tertiary/aromatic N) is 6. The van der Waals surface area contributed by atoms with Gasteiger partial charge in [-0.2, -0.15) is 0 Å². The zero-order valence-electron chi connectivity index (χ0n) is 18.0. The Hall–Kier alpha value is -3.99. The first kappa shape index (κ1) is 22.2. The number of aromatic nitrogens is 6. The molecule has 0 saturated heterocycles. The molecule has 10 nitrogen and oxygen atoms in total. The maximum Gasteiger partial charge on any atom is 0.251 e. The third kappa shape index (κ3) is 5.63. The lowest BCUT2D eigenvalue weighted by atomic mass is 10.1. The summed E-state index contributed by atoms with van der Waals surface area (Å²) in [6.45, 7) is 1.93. The van der Waals surface area contributed by atoms with Gasteiger partial charge in [-0.3, -0.25) is 9.59 Å². The Morgan fingerprint density at radius 2 is 1.85 bits per heavy atom. The number of tetrazole rings is 1. The second-order valence-corrected chi connectivity index (χ2v) is 8.20. The maximum absolute atomic E-state index is 12.6. The number of thioether (sulfide) groups is 1. The van der Waals surface area contributed by atoms with Crippen LogP contribution in [-0.4, -0.2) is 47.3 Å². The lowest BCUT2D eigenvalue weighted by Crippen LogP contribution is -2.26. The van der Waals surface area contributed by atoms with Gasteiger partial charge >= 0.3 is 0 Å². The lowest BCUT2D eigenvalue weighted by Gasteiger charge is -2.15. The number of aryl methyl sites for hydroxylation is 1. The number of carbonyl (C=O) groups is 2. The molecule has 2 amide bonds. The van der Waals surface area contributed by atoms with Crippen molar-refractivity contribution < 1.29 is 9.59 Å². The minimum Gasteiger partial charge on any atom is -0.346 e. The number of nitrogens with one attached hydrogen (secondary N) is 2. The summed E-state index contributed by atoms with van der Waals surface area (Å²) < 4.78 is 3.42. The van der Waals surface area contributed by atoms with Crippen LogP contribution in [0, 0.1) is 0 Å². The summed E-state index contributed by atoms with van der Waals surface area (Å²) in [7, 11) is 1.71. The molecule has 2 heterocycles. The zero-order valence-corrected chi connectivity index (χ0v) is 18.9. The first-order valence-corrected chi connectivity index (χ1v) is 11.1. The lowest BCUT2D eigenvalue weighted by molar-refractivity contribution is -0.113. The van der Waals surface area contributed by atoms with E-state index in [1.807, 2.05) is 42.0 Å². The zero-order chi connectivity index (χ0) is 23.2. The van der Waals surface area contributed by atoms with Crippen molar-refractivity contribution in [2.24, 2.45) is 7.05 Å². The molecule has 33 heavy (non-hydrogen) atoms. The number of benzene rings is 2. The summed E-state index contributed by atoms with van der Waals surface area (Å²) >= 11 is 1.24. The molecule has 0 aliphatic rings. The Kier molecular flexibility index (Phi) is 6.79. The number of imidazole rings is 1. The quantitative estimate of drug-likeness (QED) is 0.386. The summed E-state index contributed by atoms with van der Waals surface area (Å²) in [6.07, 6.45) is 5.34. The molecule has 4 aromatic rings. The Morgan fingerprint density at radius 1 is 1.09 bits per heavy atom. The largest absolute Gasteiger partial charge is 0.346 e. The first-order valence-electron chi connectivity index (χ1n) is 10.1. The minimum absolute atomic E-state index is 0.166. The molecule has 1 atom stereocenters. The standard InChI is InChI=1S/C22H22N8O2S/c1-15(16-5-9-19(10-6-16)30-12-11-23-14-30)24-21(32)17-3-7-18(8-4-17)25-20(31)13-33-22-26-27-28-29(22)2/h3-12,14-15H,13H2,1-2H3,(H,24,32)(H,25,31)/t15-/m0/s1. The van der Waals surface area contributed by atoms with E-state index in [1.54, 1.807) is 43.8 Å². The van der Waals surface area contributed by atoms with Gasteiger partial charge in [0.15, 0.2) is 0 Å². The normalized spacial score (nSPS) is 11.7. The van der Waals surface area contributed by atoms with Crippen LogP contribution in [0.15, 0.2) is 72.4 Å². The fourth-order valence-corrected chi connectivity index (χ4v) is 3.74. The number of anilines is 1. The monoisotopic (exact) mass is 462 g/mol. The van der Waals surface area contributed by atoms with Crippen molar-refractivity contribution in [3.05, 3.63) is 78.4 Å². The highest BCUT2D eigenvalue weighted by atomic mass is 32.2. The molecular formula is C22H22N8O2S. The van der Waals surface area contributed by atoms with Gasteiger partial charge in [0, 0.05) is 36.4 Å². The number of hydrogen-bond acceptors (Lipinski definition) is 7. The number of amides is 2. The predicted octanol–water partition coefficient (Wildman–Crippen LogP) is 2.62. The highest BCUT2D eigenvalue weighted by Gasteiger charge is 2.13. The van der Waals surface area contributed by atoms with Crippen molar-refractivity contribution in [2.75, 3.05) is 11.1 Å². The van der Waals surface area contributed by atoms with E-state index in [2.05, 4.69) is 31.1 Å². The van der Waals surface area contributed by atoms with Gasteiger partial charge in [0.25, 0.3) is 5.91 Å². The third-order valence-electron chi connectivity index (χ3n) is 4.89. The highest BCUT2D eigenvalue weighted by molar-refractivity contribution is 7.99. The van der Waals surface area contributed by atoms with Gasteiger partial charge in [-0.25, -0.2) is 9.67 Å². The first-order chi connectivity index (χ1) is 16.0. The van der Waals surface area contributed by atoms with Crippen molar-refractivity contribution in [3.8, 4) is 5.69 Å². The van der Waals surface area contributed by atoms with Crippen LogP contribution in [0.4, 0.5) is 5.69 Å². The summed E-state index contributed by atoms with van der Waals surface area (Å²) in [4.78, 5) is 28.8. The van der Waals surface area contributed by atoms with E-state index in [9.17, 15) is 9.59 Å². The predicted molar refractivity (Wildman–Crippen MR) is 124 cm³/mol. The van der Waals surface area contributed by atoms with Gasteiger partial charge < -0.3 is 15.2 Å². The molecule has 0 spiro atoms. The van der Waals surface area contributed by atoms with Gasteiger partial charge in [-0.15, -0.1) is 5.10 Å². The SMILES string of the molecule is C[C@H](NC(=O)c1ccc(NC(=O)CSc2nnnn2C)cc1)c1ccc(-n2ccnc2)cc1. The Labute approximate surface area is 194 Å². The van der Waals surface area contributed by atoms with Crippen LogP contribution >= 0.6 is 11.8 Å². The highest BCUT2D eigenvalue weighted by Crippen LogP contribution is 2.18. The average molecular weight is 463 g/mol. The van der Waals surface area contributed by atoms with Crippen LogP contribution in [0.1, 0.15) is 28.9 Å². The van der Waals surface area contributed by atoms with E-state index in [4.69, 9.17) is 0 Å². The smallest absolute Gasteiger partial charge is 0.251 e. The molecule has 0 aliphatic heterocycles. The summed E-state index contributed by atoms with van der Waals surface area (Å²) in [5.74, 6) is -0.203. The molecule has 0 aliphatic carbocycles. The van der Waals surface area contributed by atoms with Crippen molar-refractivity contribution in [3.63, 3.8) is 0 Å². The van der Waals surface area contributed by atoms with E-state index >= 15 is 0 Å². The second-order valence-electron chi connectivity index (χ2n) is 7.26. The van der Waals surface area contributed by atoms with Crippen LogP contribution in [0.2, 0.25) is 0 Å². The summed E-state index contributed by atoms with van der Waals surface area (Å²) in [6, 6.07) is 14.5. The molecule has 168 valence electrons. The molecule has 2 aromatic heterocycles. The minimum atomic E-state index is -0.190. The molecule has 2 aromatic carbocycles. The molecule has 0 unspecified atom stereocenters. The molecular weight excluding hydrogens is 440 g/mol. The molecule has 2 N–H and O–H groups in total. The van der Waals surface area contributed by atoms with Crippen molar-refractivity contribution >= 4 is 29.3 Å². The van der Waals surface area contributed by atoms with Gasteiger partial charge in [-0.1, -0.05) is 23.9 Å². The fourth-order valence-electron chi connectivity index (χ4n) is 3.09. The third-order valence-corrected chi connectivity index (χ3v) is 5.90. The van der Waals surface area contributed by atoms with Crippen LogP contribution < -0.4 is 10.6 Å². The number of carbonyl (C=O) groups excluding carboxylic acids is 2. The molecule has 0 fully saturated rings. The van der Waals surface area contributed by atoms with Crippen molar-refractivity contribution in [1.82, 2.24) is 35.1 Å². The van der Waals surface area contributed by atoms with E-state index in [-0.39, 0.29) is 23.6 Å². The number of rotatable bonds is 8. The Balaban J connectivity index is 1.29. The summed E-state index contributed by atoms with van der Waals surface area (Å²) in [5.41, 5.74) is 3.11. The van der Waals surface area contributed by atoms with Crippen molar-refractivity contribution in [1.29, 1.82) is 0 Å². The molecule has 4 rings (SSSR count). The molecule has 0 bridgehead atoms. The Bertz CT molecular complexity index is 1220. The van der Waals surface area contributed by atoms with E-state index < -0.39 is 0 Å². The van der Waals surface area contributed by atoms with E-state index in [1.165, 1.54) is 16.4 Å². The maximum atomic E-state index is 12.6. The topological polar surface area (TPSA) is 120 Å². The molecule has 0 radical (unpaired) electrons. The van der Waals surface area contributed by atoms with E-state index in [0.29, 0.717) is 16.4 Å².